The number of rotatable bonds is 6. The lowest BCUT2D eigenvalue weighted by Crippen LogP contribution is -2.28. The fraction of sp³-hybridized carbons (Fsp3) is 0.214. The van der Waals surface area contributed by atoms with Crippen LogP contribution in [0, 0.1) is 0 Å². The summed E-state index contributed by atoms with van der Waals surface area (Å²) in [5.41, 5.74) is 1.93. The van der Waals surface area contributed by atoms with Crippen LogP contribution in [-0.4, -0.2) is 34.4 Å². The summed E-state index contributed by atoms with van der Waals surface area (Å²) in [4.78, 5) is 35.9. The van der Waals surface area contributed by atoms with Crippen molar-refractivity contribution in [1.82, 2.24) is 20.6 Å². The van der Waals surface area contributed by atoms with Gasteiger partial charge in [-0.1, -0.05) is 0 Å². The lowest BCUT2D eigenvalue weighted by atomic mass is 10.2. The Morgan fingerprint density at radius 2 is 2.09 bits per heavy atom. The van der Waals surface area contributed by atoms with E-state index in [0.717, 1.165) is 11.3 Å². The van der Waals surface area contributed by atoms with Gasteiger partial charge in [0, 0.05) is 12.8 Å². The average Bonchev–Trinajstić information content (AvgIpc) is 2.54. The minimum absolute atomic E-state index is 0.0159. The highest BCUT2D eigenvalue weighted by atomic mass is 16.5. The molecule has 3 N–H and O–H groups in total. The van der Waals surface area contributed by atoms with Crippen LogP contribution in [-0.2, 0) is 11.2 Å². The molecule has 0 unspecified atom stereocenters. The molecule has 0 fully saturated rings. The maximum atomic E-state index is 11.6. The number of ether oxygens (including phenoxy) is 1. The largest absolute Gasteiger partial charge is 0.497 e. The number of carbonyl (C=O) groups is 1. The summed E-state index contributed by atoms with van der Waals surface area (Å²) in [5.74, 6) is 0.354. The number of hydrazone groups is 1. The zero-order valence-corrected chi connectivity index (χ0v) is 12.3. The predicted octanol–water partition coefficient (Wildman–Crippen LogP) is -0.450. The summed E-state index contributed by atoms with van der Waals surface area (Å²) < 4.78 is 5.03. The first-order valence-corrected chi connectivity index (χ1v) is 6.72. The van der Waals surface area contributed by atoms with Crippen molar-refractivity contribution in [2.45, 2.75) is 12.8 Å². The monoisotopic (exact) mass is 317 g/mol. The minimum Gasteiger partial charge on any atom is -0.497 e. The molecule has 2 rings (SSSR count). The Kier molecular flexibility index (Phi) is 5.40. The second kappa shape index (κ2) is 7.69. The van der Waals surface area contributed by atoms with Crippen molar-refractivity contribution in [3.8, 4) is 5.75 Å². The van der Waals surface area contributed by atoms with E-state index >= 15 is 0 Å². The highest BCUT2D eigenvalue weighted by Crippen LogP contribution is 2.09. The van der Waals surface area contributed by atoms with Crippen LogP contribution in [0.1, 0.15) is 17.7 Å². The molecule has 0 atom stereocenters. The molecule has 9 nitrogen and oxygen atoms in total. The van der Waals surface area contributed by atoms with Crippen LogP contribution >= 0.6 is 0 Å². The number of nitrogens with one attached hydrogen (secondary N) is 3. The molecule has 120 valence electrons. The average molecular weight is 317 g/mol. The van der Waals surface area contributed by atoms with Gasteiger partial charge in [-0.3, -0.25) is 14.6 Å². The molecule has 9 heteroatoms. The summed E-state index contributed by atoms with van der Waals surface area (Å²) >= 11 is 0. The molecule has 1 aromatic heterocycles. The normalized spacial score (nSPS) is 10.7. The van der Waals surface area contributed by atoms with E-state index in [-0.39, 0.29) is 24.4 Å². The first kappa shape index (κ1) is 16.1. The number of nitrogens with zero attached hydrogens (tertiary/aromatic N) is 2. The molecule has 2 aromatic rings. The molecule has 0 aliphatic heterocycles. The van der Waals surface area contributed by atoms with E-state index in [2.05, 4.69) is 20.7 Å². The quantitative estimate of drug-likeness (QED) is 0.491. The van der Waals surface area contributed by atoms with Crippen molar-refractivity contribution in [1.29, 1.82) is 0 Å². The summed E-state index contributed by atoms with van der Waals surface area (Å²) in [5, 5.41) is 9.50. The fourth-order valence-electron chi connectivity index (χ4n) is 1.70. The van der Waals surface area contributed by atoms with Gasteiger partial charge in [0.2, 0.25) is 5.91 Å². The third kappa shape index (κ3) is 4.92. The van der Waals surface area contributed by atoms with E-state index in [0.29, 0.717) is 0 Å². The van der Waals surface area contributed by atoms with E-state index in [1.807, 2.05) is 4.98 Å². The van der Waals surface area contributed by atoms with E-state index in [4.69, 9.17) is 4.74 Å². The highest BCUT2D eigenvalue weighted by Gasteiger charge is 2.06. The number of carbonyl (C=O) groups excluding carboxylic acids is 1. The number of hydrogen-bond donors (Lipinski definition) is 3. The topological polar surface area (TPSA) is 129 Å². The van der Waals surface area contributed by atoms with Gasteiger partial charge >= 0.3 is 5.69 Å². The maximum absolute atomic E-state index is 11.6. The van der Waals surface area contributed by atoms with E-state index in [1.165, 1.54) is 6.21 Å². The van der Waals surface area contributed by atoms with Crippen molar-refractivity contribution in [2.24, 2.45) is 5.10 Å². The molecule has 0 saturated heterocycles. The number of aromatic nitrogens is 3. The Hall–Kier alpha value is -3.23. The third-order valence-corrected chi connectivity index (χ3v) is 2.89. The van der Waals surface area contributed by atoms with Gasteiger partial charge in [0.25, 0.3) is 5.56 Å². The van der Waals surface area contributed by atoms with E-state index in [9.17, 15) is 14.4 Å². The molecule has 23 heavy (non-hydrogen) atoms. The molecule has 0 spiro atoms. The number of aryl methyl sites for hydroxylation is 1. The molecule has 1 heterocycles. The van der Waals surface area contributed by atoms with Gasteiger partial charge in [0.15, 0.2) is 0 Å². The maximum Gasteiger partial charge on any atom is 0.342 e. The molecule has 0 aliphatic rings. The van der Waals surface area contributed by atoms with Crippen molar-refractivity contribution in [3.63, 3.8) is 0 Å². The molecular formula is C14H15N5O4. The van der Waals surface area contributed by atoms with E-state index < -0.39 is 11.2 Å². The van der Waals surface area contributed by atoms with E-state index in [1.54, 1.807) is 31.4 Å². The minimum atomic E-state index is -0.688. The van der Waals surface area contributed by atoms with Crippen LogP contribution < -0.4 is 21.4 Å². The third-order valence-electron chi connectivity index (χ3n) is 2.89. The molecular weight excluding hydrogens is 302 g/mol. The van der Waals surface area contributed by atoms with Crippen LogP contribution in [0.15, 0.2) is 39.0 Å². The summed E-state index contributed by atoms with van der Waals surface area (Å²) in [6.07, 6.45) is 1.60. The number of amides is 1. The second-order valence-electron chi connectivity index (χ2n) is 4.52. The first-order chi connectivity index (χ1) is 11.1. The molecule has 1 aromatic carbocycles. The number of aromatic amines is 2. The molecule has 0 radical (unpaired) electrons. The van der Waals surface area contributed by atoms with Gasteiger partial charge in [-0.25, -0.2) is 15.3 Å². The second-order valence-corrected chi connectivity index (χ2v) is 4.52. The van der Waals surface area contributed by atoms with Gasteiger partial charge in [0.1, 0.15) is 11.4 Å². The van der Waals surface area contributed by atoms with Crippen molar-refractivity contribution < 1.29 is 9.53 Å². The van der Waals surface area contributed by atoms with Gasteiger partial charge in [-0.05, 0) is 29.8 Å². The molecule has 1 amide bonds. The van der Waals surface area contributed by atoms with Crippen LogP contribution in [0.3, 0.4) is 0 Å². The van der Waals surface area contributed by atoms with Gasteiger partial charge in [-0.2, -0.15) is 10.2 Å². The first-order valence-electron chi connectivity index (χ1n) is 6.72. The molecule has 0 saturated carbocycles. The summed E-state index contributed by atoms with van der Waals surface area (Å²) in [7, 11) is 1.58. The Balaban J connectivity index is 1.83. The van der Waals surface area contributed by atoms with Gasteiger partial charge in [0.05, 0.1) is 13.3 Å². The smallest absolute Gasteiger partial charge is 0.342 e. The Morgan fingerprint density at radius 1 is 1.35 bits per heavy atom. The van der Waals surface area contributed by atoms with Crippen molar-refractivity contribution >= 4 is 12.1 Å². The number of benzene rings is 1. The van der Waals surface area contributed by atoms with Gasteiger partial charge < -0.3 is 4.74 Å². The van der Waals surface area contributed by atoms with Gasteiger partial charge in [-0.15, -0.1) is 0 Å². The predicted molar refractivity (Wildman–Crippen MR) is 82.5 cm³/mol. The SMILES string of the molecule is COc1ccc(/C=N/NC(=O)CCc2n[nH]c(=O)[nH]c2=O)cc1. The van der Waals surface area contributed by atoms with Crippen LogP contribution in [0.5, 0.6) is 5.75 Å². The zero-order valence-electron chi connectivity index (χ0n) is 12.3. The molecule has 0 aliphatic carbocycles. The van der Waals surface area contributed by atoms with Crippen LogP contribution in [0.4, 0.5) is 0 Å². The number of methoxy groups -OCH3 is 1. The Morgan fingerprint density at radius 3 is 2.74 bits per heavy atom. The lowest BCUT2D eigenvalue weighted by Gasteiger charge is -2.00. The van der Waals surface area contributed by atoms with Crippen molar-refractivity contribution in [2.75, 3.05) is 7.11 Å². The standard InChI is InChI=1S/C14H15N5O4/c1-23-10-4-2-9(3-5-10)8-15-18-12(20)7-6-11-13(21)16-14(22)19-17-11/h2-5,8H,6-7H2,1H3,(H,18,20)(H2,16,19,21,22)/b15-8+. The van der Waals surface area contributed by atoms with Crippen molar-refractivity contribution in [3.05, 3.63) is 56.4 Å². The summed E-state index contributed by atoms with van der Waals surface area (Å²) in [6, 6.07) is 7.13. The van der Waals surface area contributed by atoms with Crippen LogP contribution in [0.25, 0.3) is 0 Å². The lowest BCUT2D eigenvalue weighted by molar-refractivity contribution is -0.121. The molecule has 0 bridgehead atoms. The fourth-order valence-corrected chi connectivity index (χ4v) is 1.70. The Bertz CT molecular complexity index is 807. The summed E-state index contributed by atoms with van der Waals surface area (Å²) in [6.45, 7) is 0. The zero-order chi connectivity index (χ0) is 16.7. The van der Waals surface area contributed by atoms with Crippen LogP contribution in [0.2, 0.25) is 0 Å². The number of hydrogen-bond acceptors (Lipinski definition) is 6. The highest BCUT2D eigenvalue weighted by molar-refractivity contribution is 5.82. The Labute approximate surface area is 130 Å². The number of H-pyrrole nitrogens is 2.